The minimum Gasteiger partial charge on any atom is -0.253 e. The lowest BCUT2D eigenvalue weighted by Crippen LogP contribution is -1.93. The Labute approximate surface area is 92.9 Å². The van der Waals surface area contributed by atoms with Crippen molar-refractivity contribution in [1.29, 1.82) is 0 Å². The van der Waals surface area contributed by atoms with E-state index in [-0.39, 0.29) is 5.82 Å². The van der Waals surface area contributed by atoms with Gasteiger partial charge in [0.1, 0.15) is 5.82 Å². The fraction of sp³-hybridized carbons (Fsp3) is 0.250. The summed E-state index contributed by atoms with van der Waals surface area (Å²) in [7, 11) is 0. The molecule has 0 atom stereocenters. The molecular formula is C12H11ClFN. The van der Waals surface area contributed by atoms with Gasteiger partial charge in [0.25, 0.3) is 0 Å². The van der Waals surface area contributed by atoms with Crippen LogP contribution in [0.5, 0.6) is 0 Å². The molecule has 0 saturated carbocycles. The van der Waals surface area contributed by atoms with E-state index in [0.717, 1.165) is 22.2 Å². The van der Waals surface area contributed by atoms with E-state index in [2.05, 4.69) is 4.98 Å². The van der Waals surface area contributed by atoms with Gasteiger partial charge in [-0.2, -0.15) is 0 Å². The van der Waals surface area contributed by atoms with Crippen LogP contribution in [-0.4, -0.2) is 4.98 Å². The van der Waals surface area contributed by atoms with Crippen LogP contribution < -0.4 is 0 Å². The predicted octanol–water partition coefficient (Wildman–Crippen LogP) is 3.95. The Balaban J connectivity index is 2.99. The number of hydrogen-bond acceptors (Lipinski definition) is 1. The molecule has 0 aliphatic heterocycles. The first-order valence-corrected chi connectivity index (χ1v) is 5.11. The molecule has 0 N–H and O–H groups in total. The minimum absolute atomic E-state index is 0.271. The highest BCUT2D eigenvalue weighted by Crippen LogP contribution is 2.30. The van der Waals surface area contributed by atoms with Crippen molar-refractivity contribution in [3.8, 4) is 0 Å². The van der Waals surface area contributed by atoms with Crippen LogP contribution in [0.4, 0.5) is 4.39 Å². The van der Waals surface area contributed by atoms with Crippen molar-refractivity contribution < 1.29 is 4.39 Å². The van der Waals surface area contributed by atoms with Gasteiger partial charge in [-0.1, -0.05) is 11.6 Å². The Morgan fingerprint density at radius 1 is 1.20 bits per heavy atom. The van der Waals surface area contributed by atoms with Gasteiger partial charge in [-0.05, 0) is 38.0 Å². The molecule has 78 valence electrons. The highest BCUT2D eigenvalue weighted by molar-refractivity contribution is 6.36. The van der Waals surface area contributed by atoms with Crippen LogP contribution in [-0.2, 0) is 0 Å². The number of nitrogens with zero attached hydrogens (tertiary/aromatic N) is 1. The molecule has 1 aromatic carbocycles. The first kappa shape index (κ1) is 10.4. The molecule has 2 aromatic rings. The lowest BCUT2D eigenvalue weighted by Gasteiger charge is -2.09. The van der Waals surface area contributed by atoms with Crippen molar-refractivity contribution in [2.45, 2.75) is 20.8 Å². The van der Waals surface area contributed by atoms with Crippen molar-refractivity contribution in [3.63, 3.8) is 0 Å². The first-order chi connectivity index (χ1) is 7.00. The number of aryl methyl sites for hydroxylation is 2. The molecule has 1 heterocycles. The molecule has 2 rings (SSSR count). The standard InChI is InChI=1S/C12H11ClFN/c1-6-4-9(14)5-10-11(6)12(13)7(2)8(3)15-10/h4-5H,1-3H3. The third-order valence-corrected chi connectivity index (χ3v) is 3.13. The summed E-state index contributed by atoms with van der Waals surface area (Å²) < 4.78 is 13.2. The molecular weight excluding hydrogens is 213 g/mol. The number of halogens is 2. The molecule has 15 heavy (non-hydrogen) atoms. The topological polar surface area (TPSA) is 12.9 Å². The fourth-order valence-electron chi connectivity index (χ4n) is 1.71. The van der Waals surface area contributed by atoms with Gasteiger partial charge in [0.15, 0.2) is 0 Å². The van der Waals surface area contributed by atoms with Crippen LogP contribution in [0.2, 0.25) is 5.02 Å². The van der Waals surface area contributed by atoms with Gasteiger partial charge >= 0.3 is 0 Å². The zero-order chi connectivity index (χ0) is 11.2. The molecule has 0 radical (unpaired) electrons. The smallest absolute Gasteiger partial charge is 0.125 e. The van der Waals surface area contributed by atoms with Crippen LogP contribution in [0.25, 0.3) is 10.9 Å². The zero-order valence-electron chi connectivity index (χ0n) is 8.86. The van der Waals surface area contributed by atoms with Crippen LogP contribution in [0.3, 0.4) is 0 Å². The molecule has 0 saturated heterocycles. The van der Waals surface area contributed by atoms with Crippen molar-refractivity contribution >= 4 is 22.5 Å². The quantitative estimate of drug-likeness (QED) is 0.659. The van der Waals surface area contributed by atoms with E-state index in [4.69, 9.17) is 11.6 Å². The lowest BCUT2D eigenvalue weighted by molar-refractivity contribution is 0.628. The van der Waals surface area contributed by atoms with Crippen LogP contribution in [0, 0.1) is 26.6 Å². The Morgan fingerprint density at radius 2 is 1.87 bits per heavy atom. The van der Waals surface area contributed by atoms with Crippen molar-refractivity contribution in [2.24, 2.45) is 0 Å². The molecule has 0 spiro atoms. The monoisotopic (exact) mass is 223 g/mol. The summed E-state index contributed by atoms with van der Waals surface area (Å²) in [5, 5.41) is 1.52. The lowest BCUT2D eigenvalue weighted by atomic mass is 10.1. The highest BCUT2D eigenvalue weighted by atomic mass is 35.5. The van der Waals surface area contributed by atoms with Gasteiger partial charge in [-0.25, -0.2) is 4.39 Å². The summed E-state index contributed by atoms with van der Waals surface area (Å²) in [5.74, 6) is -0.271. The van der Waals surface area contributed by atoms with Crippen molar-refractivity contribution in [2.75, 3.05) is 0 Å². The molecule has 0 bridgehead atoms. The van der Waals surface area contributed by atoms with Gasteiger partial charge < -0.3 is 0 Å². The average molecular weight is 224 g/mol. The van der Waals surface area contributed by atoms with E-state index < -0.39 is 0 Å². The Morgan fingerprint density at radius 3 is 2.53 bits per heavy atom. The fourth-order valence-corrected chi connectivity index (χ4v) is 2.09. The second-order valence-corrected chi connectivity index (χ2v) is 4.13. The maximum Gasteiger partial charge on any atom is 0.125 e. The molecule has 0 amide bonds. The number of hydrogen-bond donors (Lipinski definition) is 0. The van der Waals surface area contributed by atoms with Gasteiger partial charge in [0, 0.05) is 17.1 Å². The molecule has 0 aliphatic rings. The second-order valence-electron chi connectivity index (χ2n) is 3.75. The van der Waals surface area contributed by atoms with E-state index in [1.165, 1.54) is 12.1 Å². The Hall–Kier alpha value is -1.15. The number of rotatable bonds is 0. The van der Waals surface area contributed by atoms with Crippen LogP contribution >= 0.6 is 11.6 Å². The minimum atomic E-state index is -0.271. The number of aromatic nitrogens is 1. The van der Waals surface area contributed by atoms with Gasteiger partial charge in [-0.3, -0.25) is 4.98 Å². The summed E-state index contributed by atoms with van der Waals surface area (Å²) in [6.45, 7) is 5.64. The predicted molar refractivity (Wildman–Crippen MR) is 60.9 cm³/mol. The third kappa shape index (κ3) is 1.59. The zero-order valence-corrected chi connectivity index (χ0v) is 9.61. The Bertz CT molecular complexity index is 549. The van der Waals surface area contributed by atoms with Gasteiger partial charge in [0.05, 0.1) is 10.5 Å². The third-order valence-electron chi connectivity index (χ3n) is 2.66. The summed E-state index contributed by atoms with van der Waals surface area (Å²) in [4.78, 5) is 4.33. The Kier molecular flexibility index (Phi) is 2.39. The molecule has 3 heteroatoms. The summed E-state index contributed by atoms with van der Waals surface area (Å²) >= 11 is 6.23. The van der Waals surface area contributed by atoms with Crippen LogP contribution in [0.15, 0.2) is 12.1 Å². The van der Waals surface area contributed by atoms with Crippen molar-refractivity contribution in [1.82, 2.24) is 4.98 Å². The van der Waals surface area contributed by atoms with E-state index in [9.17, 15) is 4.39 Å². The van der Waals surface area contributed by atoms with E-state index in [1.54, 1.807) is 0 Å². The molecule has 0 aliphatic carbocycles. The van der Waals surface area contributed by atoms with Crippen molar-refractivity contribution in [3.05, 3.63) is 39.8 Å². The number of fused-ring (bicyclic) bond motifs is 1. The molecule has 1 nitrogen and oxygen atoms in total. The summed E-state index contributed by atoms with van der Waals surface area (Å²) in [6, 6.07) is 2.89. The normalized spacial score (nSPS) is 11.0. The van der Waals surface area contributed by atoms with Crippen LogP contribution in [0.1, 0.15) is 16.8 Å². The molecule has 0 fully saturated rings. The average Bonchev–Trinajstić information content (AvgIpc) is 2.13. The summed E-state index contributed by atoms with van der Waals surface area (Å²) in [6.07, 6.45) is 0. The van der Waals surface area contributed by atoms with E-state index in [1.807, 2.05) is 20.8 Å². The largest absolute Gasteiger partial charge is 0.253 e. The van der Waals surface area contributed by atoms with E-state index >= 15 is 0 Å². The number of benzene rings is 1. The summed E-state index contributed by atoms with van der Waals surface area (Å²) in [5.41, 5.74) is 3.25. The SMILES string of the molecule is Cc1nc2cc(F)cc(C)c2c(Cl)c1C. The highest BCUT2D eigenvalue weighted by Gasteiger charge is 2.10. The van der Waals surface area contributed by atoms with E-state index in [0.29, 0.717) is 10.5 Å². The first-order valence-electron chi connectivity index (χ1n) is 4.73. The number of pyridine rings is 1. The van der Waals surface area contributed by atoms with Gasteiger partial charge in [0.2, 0.25) is 0 Å². The van der Waals surface area contributed by atoms with Gasteiger partial charge in [-0.15, -0.1) is 0 Å². The second kappa shape index (κ2) is 3.46. The molecule has 1 aromatic heterocycles. The maximum atomic E-state index is 13.2. The maximum absolute atomic E-state index is 13.2. The molecule has 0 unspecified atom stereocenters.